The molecule has 0 radical (unpaired) electrons. The van der Waals surface area contributed by atoms with Crippen molar-refractivity contribution in [3.05, 3.63) is 40.9 Å². The summed E-state index contributed by atoms with van der Waals surface area (Å²) < 4.78 is 0. The number of benzene rings is 1. The Morgan fingerprint density at radius 3 is 2.73 bits per heavy atom. The monoisotopic (exact) mass is 223 g/mol. The molecular weight excluding hydrogens is 210 g/mol. The maximum Gasteiger partial charge on any atom is 0.134 e. The molecular formula is C12H14ClNO. The highest BCUT2D eigenvalue weighted by Gasteiger charge is 2.09. The topological polar surface area (TPSA) is 32.3 Å². The van der Waals surface area contributed by atoms with E-state index in [9.17, 15) is 5.11 Å². The second-order valence-corrected chi connectivity index (χ2v) is 4.21. The lowest BCUT2D eigenvalue weighted by Gasteiger charge is -2.12. The number of aromatic hydroxyl groups is 1. The highest BCUT2D eigenvalue weighted by atomic mass is 35.5. The minimum Gasteiger partial charge on any atom is -0.506 e. The fourth-order valence-electron chi connectivity index (χ4n) is 1.71. The number of hydrogen-bond donors (Lipinski definition) is 2. The van der Waals surface area contributed by atoms with Crippen LogP contribution in [0.2, 0.25) is 5.02 Å². The molecule has 1 aromatic rings. The van der Waals surface area contributed by atoms with E-state index in [1.165, 1.54) is 0 Å². The van der Waals surface area contributed by atoms with Gasteiger partial charge in [0.25, 0.3) is 0 Å². The third kappa shape index (κ3) is 2.74. The Morgan fingerprint density at radius 2 is 2.07 bits per heavy atom. The summed E-state index contributed by atoms with van der Waals surface area (Å²) in [5, 5.41) is 13.1. The van der Waals surface area contributed by atoms with E-state index in [4.69, 9.17) is 11.6 Å². The standard InChI is InChI=1S/C12H14ClNO/c13-11-7-9(5-6-12(11)15)8-14-10-3-1-2-4-10/h1-2,5-7,10,14-15H,3-4,8H2. The van der Waals surface area contributed by atoms with Gasteiger partial charge in [-0.2, -0.15) is 0 Å². The average molecular weight is 224 g/mol. The highest BCUT2D eigenvalue weighted by molar-refractivity contribution is 6.32. The van der Waals surface area contributed by atoms with Gasteiger partial charge in [-0.3, -0.25) is 0 Å². The van der Waals surface area contributed by atoms with Crippen molar-refractivity contribution >= 4 is 11.6 Å². The van der Waals surface area contributed by atoms with Gasteiger partial charge in [-0.15, -0.1) is 0 Å². The molecule has 0 unspecified atom stereocenters. The van der Waals surface area contributed by atoms with Gasteiger partial charge in [0.15, 0.2) is 0 Å². The molecule has 0 fully saturated rings. The SMILES string of the molecule is Oc1ccc(CNC2CC=CC2)cc1Cl. The minimum absolute atomic E-state index is 0.142. The molecule has 0 heterocycles. The van der Waals surface area contributed by atoms with Crippen LogP contribution in [-0.2, 0) is 6.54 Å². The first-order chi connectivity index (χ1) is 7.25. The Kier molecular flexibility index (Phi) is 3.29. The number of phenols is 1. The smallest absolute Gasteiger partial charge is 0.134 e. The van der Waals surface area contributed by atoms with Crippen LogP contribution in [0.15, 0.2) is 30.4 Å². The molecule has 1 aromatic carbocycles. The van der Waals surface area contributed by atoms with Gasteiger partial charge in [0, 0.05) is 12.6 Å². The molecule has 0 saturated heterocycles. The maximum atomic E-state index is 9.26. The van der Waals surface area contributed by atoms with Crippen molar-refractivity contribution in [2.75, 3.05) is 0 Å². The van der Waals surface area contributed by atoms with Crippen LogP contribution in [0.1, 0.15) is 18.4 Å². The summed E-state index contributed by atoms with van der Waals surface area (Å²) in [4.78, 5) is 0. The first kappa shape index (κ1) is 10.5. The van der Waals surface area contributed by atoms with Crippen molar-refractivity contribution in [1.29, 1.82) is 0 Å². The van der Waals surface area contributed by atoms with E-state index in [1.54, 1.807) is 12.1 Å². The molecule has 1 aliphatic carbocycles. The van der Waals surface area contributed by atoms with Crippen LogP contribution < -0.4 is 5.32 Å². The van der Waals surface area contributed by atoms with E-state index < -0.39 is 0 Å². The molecule has 0 aliphatic heterocycles. The van der Waals surface area contributed by atoms with E-state index in [0.717, 1.165) is 24.9 Å². The van der Waals surface area contributed by atoms with E-state index in [2.05, 4.69) is 17.5 Å². The Bertz CT molecular complexity index is 368. The van der Waals surface area contributed by atoms with Crippen LogP contribution in [0.5, 0.6) is 5.75 Å². The zero-order valence-electron chi connectivity index (χ0n) is 8.41. The van der Waals surface area contributed by atoms with E-state index >= 15 is 0 Å². The van der Waals surface area contributed by atoms with Crippen LogP contribution in [0, 0.1) is 0 Å². The van der Waals surface area contributed by atoms with Crippen molar-refractivity contribution in [2.45, 2.75) is 25.4 Å². The maximum absolute atomic E-state index is 9.26. The first-order valence-electron chi connectivity index (χ1n) is 5.11. The molecule has 0 amide bonds. The van der Waals surface area contributed by atoms with E-state index in [1.807, 2.05) is 6.07 Å². The highest BCUT2D eigenvalue weighted by Crippen LogP contribution is 2.23. The molecule has 0 bridgehead atoms. The van der Waals surface area contributed by atoms with Crippen LogP contribution >= 0.6 is 11.6 Å². The van der Waals surface area contributed by atoms with E-state index in [0.29, 0.717) is 11.1 Å². The Labute approximate surface area is 94.6 Å². The molecule has 15 heavy (non-hydrogen) atoms. The zero-order chi connectivity index (χ0) is 10.7. The summed E-state index contributed by atoms with van der Waals surface area (Å²) in [7, 11) is 0. The second kappa shape index (κ2) is 4.69. The van der Waals surface area contributed by atoms with Crippen LogP contribution in [0.3, 0.4) is 0 Å². The van der Waals surface area contributed by atoms with Gasteiger partial charge < -0.3 is 10.4 Å². The Morgan fingerprint density at radius 1 is 1.33 bits per heavy atom. The summed E-state index contributed by atoms with van der Waals surface area (Å²) >= 11 is 5.82. The summed E-state index contributed by atoms with van der Waals surface area (Å²) in [5.74, 6) is 0.142. The van der Waals surface area contributed by atoms with Crippen LogP contribution in [0.4, 0.5) is 0 Å². The molecule has 3 heteroatoms. The quantitative estimate of drug-likeness (QED) is 0.773. The normalized spacial score (nSPS) is 16.1. The summed E-state index contributed by atoms with van der Waals surface area (Å²) in [6.07, 6.45) is 6.60. The van der Waals surface area contributed by atoms with Crippen molar-refractivity contribution < 1.29 is 5.11 Å². The van der Waals surface area contributed by atoms with Crippen LogP contribution in [0.25, 0.3) is 0 Å². The molecule has 80 valence electrons. The minimum atomic E-state index is 0.142. The predicted molar refractivity (Wildman–Crippen MR) is 62.1 cm³/mol. The predicted octanol–water partition coefficient (Wildman–Crippen LogP) is 2.85. The third-order valence-electron chi connectivity index (χ3n) is 2.61. The van der Waals surface area contributed by atoms with Crippen molar-refractivity contribution in [1.82, 2.24) is 5.32 Å². The van der Waals surface area contributed by atoms with Gasteiger partial charge >= 0.3 is 0 Å². The molecule has 0 atom stereocenters. The van der Waals surface area contributed by atoms with Gasteiger partial charge in [-0.05, 0) is 30.5 Å². The second-order valence-electron chi connectivity index (χ2n) is 3.81. The van der Waals surface area contributed by atoms with E-state index in [-0.39, 0.29) is 5.75 Å². The molecule has 2 nitrogen and oxygen atoms in total. The Balaban J connectivity index is 1.90. The van der Waals surface area contributed by atoms with Crippen LogP contribution in [-0.4, -0.2) is 11.1 Å². The lowest BCUT2D eigenvalue weighted by molar-refractivity contribution is 0.475. The van der Waals surface area contributed by atoms with Crippen molar-refractivity contribution in [3.63, 3.8) is 0 Å². The number of nitrogens with one attached hydrogen (secondary N) is 1. The average Bonchev–Trinajstić information content (AvgIpc) is 2.73. The lowest BCUT2D eigenvalue weighted by atomic mass is 10.2. The largest absolute Gasteiger partial charge is 0.506 e. The molecule has 2 N–H and O–H groups in total. The number of phenolic OH excluding ortho intramolecular Hbond substituents is 1. The van der Waals surface area contributed by atoms with Gasteiger partial charge in [0.05, 0.1) is 5.02 Å². The van der Waals surface area contributed by atoms with Crippen molar-refractivity contribution in [3.8, 4) is 5.75 Å². The fraction of sp³-hybridized carbons (Fsp3) is 0.333. The number of rotatable bonds is 3. The lowest BCUT2D eigenvalue weighted by Crippen LogP contribution is -2.25. The number of hydrogen-bond acceptors (Lipinski definition) is 2. The number of halogens is 1. The summed E-state index contributed by atoms with van der Waals surface area (Å²) in [6, 6.07) is 5.87. The van der Waals surface area contributed by atoms with Gasteiger partial charge in [-0.25, -0.2) is 0 Å². The summed E-state index contributed by atoms with van der Waals surface area (Å²) in [5.41, 5.74) is 1.10. The Hall–Kier alpha value is -0.990. The zero-order valence-corrected chi connectivity index (χ0v) is 9.17. The first-order valence-corrected chi connectivity index (χ1v) is 5.49. The molecule has 0 saturated carbocycles. The molecule has 2 rings (SSSR count). The van der Waals surface area contributed by atoms with Gasteiger partial charge in [0.2, 0.25) is 0 Å². The molecule has 1 aliphatic rings. The molecule has 0 aromatic heterocycles. The fourth-order valence-corrected chi connectivity index (χ4v) is 1.91. The molecule has 0 spiro atoms. The summed E-state index contributed by atoms with van der Waals surface area (Å²) in [6.45, 7) is 0.798. The van der Waals surface area contributed by atoms with Crippen molar-refractivity contribution in [2.24, 2.45) is 0 Å². The van der Waals surface area contributed by atoms with Gasteiger partial charge in [0.1, 0.15) is 5.75 Å². The van der Waals surface area contributed by atoms with Gasteiger partial charge in [-0.1, -0.05) is 29.8 Å². The third-order valence-corrected chi connectivity index (χ3v) is 2.92.